The number of hydrogen-bond acceptors (Lipinski definition) is 5. The van der Waals surface area contributed by atoms with Crippen LogP contribution in [0.2, 0.25) is 10.0 Å². The molecule has 2 aromatic heterocycles. The van der Waals surface area contributed by atoms with E-state index >= 15 is 0 Å². The molecule has 3 aromatic carbocycles. The topological polar surface area (TPSA) is 81.2 Å². The molecular weight excluding hydrogens is 497 g/mol. The fourth-order valence-corrected chi connectivity index (χ4v) is 5.12. The van der Waals surface area contributed by atoms with E-state index in [-0.39, 0.29) is 18.7 Å². The lowest BCUT2D eigenvalue weighted by Gasteiger charge is -2.25. The molecule has 0 saturated carbocycles. The molecule has 1 N–H and O–H groups in total. The summed E-state index contributed by atoms with van der Waals surface area (Å²) in [4.78, 5) is 13.5. The number of nitrogens with one attached hydrogen (secondary N) is 1. The number of para-hydroxylation sites is 1. The third-order valence-corrected chi connectivity index (χ3v) is 6.91. The zero-order chi connectivity index (χ0) is 24.7. The number of fused-ring (bicyclic) bond motifs is 1. The van der Waals surface area contributed by atoms with Crippen LogP contribution in [0.4, 0.5) is 5.69 Å². The molecule has 0 aliphatic carbocycles. The second-order valence-corrected chi connectivity index (χ2v) is 9.69. The molecule has 178 valence electrons. The van der Waals surface area contributed by atoms with E-state index < -0.39 is 5.41 Å². The van der Waals surface area contributed by atoms with Crippen molar-refractivity contribution in [2.24, 2.45) is 0 Å². The molecule has 1 aliphatic heterocycles. The Morgan fingerprint density at radius 1 is 0.722 bits per heavy atom. The minimum Gasteiger partial charge on any atom is -0.361 e. The van der Waals surface area contributed by atoms with Gasteiger partial charge in [0, 0.05) is 51.8 Å². The van der Waals surface area contributed by atoms with Gasteiger partial charge in [0.05, 0.1) is 5.41 Å². The van der Waals surface area contributed by atoms with Crippen molar-refractivity contribution < 1.29 is 13.8 Å². The fourth-order valence-electron chi connectivity index (χ4n) is 4.74. The van der Waals surface area contributed by atoms with Gasteiger partial charge in [-0.2, -0.15) is 0 Å². The molecule has 1 aliphatic rings. The van der Waals surface area contributed by atoms with E-state index in [1.54, 1.807) is 12.1 Å². The summed E-state index contributed by atoms with van der Waals surface area (Å²) in [6.45, 7) is 0. The number of carbonyl (C=O) groups excluding carboxylic acids is 1. The van der Waals surface area contributed by atoms with E-state index in [1.165, 1.54) is 0 Å². The number of carbonyl (C=O) groups is 1. The fraction of sp³-hybridized carbons (Fsp3) is 0.107. The average molecular weight is 516 g/mol. The summed E-state index contributed by atoms with van der Waals surface area (Å²) in [5.41, 5.74) is 3.65. The lowest BCUT2D eigenvalue weighted by Crippen LogP contribution is -2.38. The summed E-state index contributed by atoms with van der Waals surface area (Å²) >= 11 is 12.3. The highest BCUT2D eigenvalue weighted by atomic mass is 35.5. The first kappa shape index (κ1) is 22.6. The Bertz CT molecular complexity index is 1500. The number of nitrogens with zero attached hydrogens (tertiary/aromatic N) is 2. The lowest BCUT2D eigenvalue weighted by molar-refractivity contribution is -0.121. The summed E-state index contributed by atoms with van der Waals surface area (Å²) in [5.74, 6) is 1.02. The van der Waals surface area contributed by atoms with E-state index in [1.807, 2.05) is 72.8 Å². The van der Waals surface area contributed by atoms with Gasteiger partial charge in [-0.05, 0) is 35.9 Å². The molecule has 0 fully saturated rings. The summed E-state index contributed by atoms with van der Waals surface area (Å²) in [6.07, 6.45) is 0.577. The summed E-state index contributed by atoms with van der Waals surface area (Å²) < 4.78 is 11.4. The minimum absolute atomic E-state index is 0.134. The lowest BCUT2D eigenvalue weighted by atomic mass is 9.74. The smallest absolute Gasteiger partial charge is 0.236 e. The second kappa shape index (κ2) is 8.97. The molecule has 0 spiro atoms. The first-order valence-corrected chi connectivity index (χ1v) is 12.1. The van der Waals surface area contributed by atoms with Crippen LogP contribution in [0.5, 0.6) is 0 Å². The van der Waals surface area contributed by atoms with Gasteiger partial charge in [-0.25, -0.2) is 0 Å². The Morgan fingerprint density at radius 2 is 1.28 bits per heavy atom. The molecule has 6 rings (SSSR count). The molecule has 0 bridgehead atoms. The van der Waals surface area contributed by atoms with Crippen molar-refractivity contribution in [3.8, 4) is 22.5 Å². The van der Waals surface area contributed by atoms with E-state index in [4.69, 9.17) is 32.2 Å². The van der Waals surface area contributed by atoms with Crippen LogP contribution in [-0.4, -0.2) is 16.2 Å². The standard InChI is InChI=1S/C28H19Cl2N3O3/c29-19-7-3-5-17(11-19)25-13-21(35-32-25)15-28(23-9-1-2-10-24(23)31-27(28)34)16-22-14-26(33-36-22)18-6-4-8-20(30)12-18/h1-14H,15-16H2,(H,31,34). The summed E-state index contributed by atoms with van der Waals surface area (Å²) in [5, 5.41) is 12.7. The number of benzene rings is 3. The van der Waals surface area contributed by atoms with Crippen molar-refractivity contribution in [3.05, 3.63) is 112 Å². The van der Waals surface area contributed by atoms with Crippen molar-refractivity contribution in [1.82, 2.24) is 10.3 Å². The zero-order valence-electron chi connectivity index (χ0n) is 18.9. The predicted molar refractivity (Wildman–Crippen MR) is 138 cm³/mol. The summed E-state index contributed by atoms with van der Waals surface area (Å²) in [6, 6.07) is 26.1. The maximum atomic E-state index is 13.5. The molecule has 8 heteroatoms. The van der Waals surface area contributed by atoms with E-state index in [2.05, 4.69) is 15.6 Å². The van der Waals surface area contributed by atoms with Crippen molar-refractivity contribution in [2.75, 3.05) is 5.32 Å². The van der Waals surface area contributed by atoms with Crippen molar-refractivity contribution >= 4 is 34.8 Å². The van der Waals surface area contributed by atoms with Crippen molar-refractivity contribution in [3.63, 3.8) is 0 Å². The van der Waals surface area contributed by atoms with Gasteiger partial charge in [-0.3, -0.25) is 4.79 Å². The number of rotatable bonds is 6. The molecule has 0 saturated heterocycles. The van der Waals surface area contributed by atoms with Crippen LogP contribution in [0.3, 0.4) is 0 Å². The van der Waals surface area contributed by atoms with Gasteiger partial charge in [-0.15, -0.1) is 0 Å². The largest absolute Gasteiger partial charge is 0.361 e. The molecule has 0 radical (unpaired) electrons. The van der Waals surface area contributed by atoms with Gasteiger partial charge in [-0.1, -0.05) is 76.0 Å². The van der Waals surface area contributed by atoms with E-state index in [9.17, 15) is 4.79 Å². The molecule has 36 heavy (non-hydrogen) atoms. The number of hydrogen-bond donors (Lipinski definition) is 1. The minimum atomic E-state index is -0.965. The van der Waals surface area contributed by atoms with Gasteiger partial charge >= 0.3 is 0 Å². The highest BCUT2D eigenvalue weighted by molar-refractivity contribution is 6.31. The molecule has 1 amide bonds. The molecular formula is C28H19Cl2N3O3. The maximum Gasteiger partial charge on any atom is 0.236 e. The van der Waals surface area contributed by atoms with Crippen LogP contribution >= 0.6 is 23.2 Å². The van der Waals surface area contributed by atoms with Gasteiger partial charge in [0.2, 0.25) is 5.91 Å². The Balaban J connectivity index is 1.37. The number of aromatic nitrogens is 2. The Labute approximate surface area is 216 Å². The van der Waals surface area contributed by atoms with Crippen LogP contribution in [0.1, 0.15) is 17.1 Å². The Morgan fingerprint density at radius 3 is 1.83 bits per heavy atom. The average Bonchev–Trinajstić information content (AvgIpc) is 3.59. The molecule has 5 aromatic rings. The third-order valence-electron chi connectivity index (χ3n) is 6.44. The molecule has 0 atom stereocenters. The van der Waals surface area contributed by atoms with Crippen LogP contribution < -0.4 is 5.32 Å². The number of halogens is 2. The Kier molecular flexibility index (Phi) is 5.63. The third kappa shape index (κ3) is 4.08. The summed E-state index contributed by atoms with van der Waals surface area (Å²) in [7, 11) is 0. The quantitative estimate of drug-likeness (QED) is 0.263. The monoisotopic (exact) mass is 515 g/mol. The van der Waals surface area contributed by atoms with Crippen LogP contribution in [0, 0.1) is 0 Å². The predicted octanol–water partition coefficient (Wildman–Crippen LogP) is 6.98. The first-order valence-electron chi connectivity index (χ1n) is 11.3. The molecule has 6 nitrogen and oxygen atoms in total. The molecule has 0 unspecified atom stereocenters. The molecule has 3 heterocycles. The Hall–Kier alpha value is -3.87. The van der Waals surface area contributed by atoms with E-state index in [0.717, 1.165) is 22.4 Å². The highest BCUT2D eigenvalue weighted by Crippen LogP contribution is 2.43. The second-order valence-electron chi connectivity index (χ2n) is 8.81. The first-order chi connectivity index (χ1) is 17.5. The SMILES string of the molecule is O=C1Nc2ccccc2C1(Cc1cc(-c2cccc(Cl)c2)no1)Cc1cc(-c2cccc(Cl)c2)no1. The van der Waals surface area contributed by atoms with Gasteiger partial charge in [0.15, 0.2) is 0 Å². The normalized spacial score (nSPS) is 14.0. The zero-order valence-corrected chi connectivity index (χ0v) is 20.4. The van der Waals surface area contributed by atoms with E-state index in [0.29, 0.717) is 33.0 Å². The number of anilines is 1. The highest BCUT2D eigenvalue weighted by Gasteiger charge is 2.48. The van der Waals surface area contributed by atoms with Crippen molar-refractivity contribution in [1.29, 1.82) is 0 Å². The maximum absolute atomic E-state index is 13.5. The van der Waals surface area contributed by atoms with Crippen LogP contribution in [0.15, 0.2) is 94.0 Å². The number of amides is 1. The van der Waals surface area contributed by atoms with Gasteiger partial charge in [0.1, 0.15) is 22.9 Å². The van der Waals surface area contributed by atoms with Crippen LogP contribution in [0.25, 0.3) is 22.5 Å². The van der Waals surface area contributed by atoms with Gasteiger partial charge in [0.25, 0.3) is 0 Å². The van der Waals surface area contributed by atoms with Crippen LogP contribution in [-0.2, 0) is 23.1 Å². The van der Waals surface area contributed by atoms with Gasteiger partial charge < -0.3 is 14.4 Å². The van der Waals surface area contributed by atoms with Crippen molar-refractivity contribution in [2.45, 2.75) is 18.3 Å².